The molecule has 26 heavy (non-hydrogen) atoms. The highest BCUT2D eigenvalue weighted by atomic mass is 32.2. The van der Waals surface area contributed by atoms with Crippen LogP contribution in [0.5, 0.6) is 0 Å². The molecule has 9 heteroatoms. The van der Waals surface area contributed by atoms with Gasteiger partial charge in [0, 0.05) is 24.3 Å². The molecule has 1 N–H and O–H groups in total. The molecule has 1 aliphatic heterocycles. The number of hydrogen-bond acceptors (Lipinski definition) is 3. The van der Waals surface area contributed by atoms with Crippen LogP contribution in [0.4, 0.5) is 24.5 Å². The molecule has 0 bridgehead atoms. The van der Waals surface area contributed by atoms with Crippen LogP contribution in [0, 0.1) is 0 Å². The Bertz CT molecular complexity index is 908. The van der Waals surface area contributed by atoms with Gasteiger partial charge in [-0.3, -0.25) is 9.52 Å². The zero-order valence-electron chi connectivity index (χ0n) is 13.5. The molecule has 0 atom stereocenters. The second-order valence-electron chi connectivity index (χ2n) is 5.82. The largest absolute Gasteiger partial charge is 0.416 e. The Hall–Kier alpha value is -2.55. The number of alkyl halides is 3. The minimum Gasteiger partial charge on any atom is -0.312 e. The van der Waals surface area contributed by atoms with E-state index < -0.39 is 21.8 Å². The van der Waals surface area contributed by atoms with Crippen LogP contribution >= 0.6 is 0 Å². The highest BCUT2D eigenvalue weighted by Crippen LogP contribution is 2.30. The third-order valence-electron chi connectivity index (χ3n) is 4.00. The summed E-state index contributed by atoms with van der Waals surface area (Å²) in [6, 6.07) is 9.49. The molecule has 1 aliphatic rings. The number of nitrogens with zero attached hydrogens (tertiary/aromatic N) is 1. The number of sulfonamides is 1. The molecular weight excluding hydrogens is 369 g/mol. The number of carbonyl (C=O) groups is 1. The van der Waals surface area contributed by atoms with Crippen LogP contribution in [0.25, 0.3) is 0 Å². The fraction of sp³-hybridized carbons (Fsp3) is 0.235. The average molecular weight is 384 g/mol. The Morgan fingerprint density at radius 3 is 2.08 bits per heavy atom. The van der Waals surface area contributed by atoms with Crippen molar-refractivity contribution in [2.24, 2.45) is 0 Å². The molecule has 1 amide bonds. The second-order valence-corrected chi connectivity index (χ2v) is 7.51. The van der Waals surface area contributed by atoms with Crippen LogP contribution in [0.3, 0.4) is 0 Å². The van der Waals surface area contributed by atoms with Crippen LogP contribution in [0.1, 0.15) is 18.4 Å². The lowest BCUT2D eigenvalue weighted by Crippen LogP contribution is -2.23. The maximum Gasteiger partial charge on any atom is 0.416 e. The molecule has 0 aliphatic carbocycles. The Kier molecular flexibility index (Phi) is 4.66. The van der Waals surface area contributed by atoms with Crippen LogP contribution in [-0.2, 0) is 21.0 Å². The van der Waals surface area contributed by atoms with Crippen LogP contribution in [0.15, 0.2) is 53.4 Å². The van der Waals surface area contributed by atoms with Crippen molar-refractivity contribution in [3.05, 3.63) is 54.1 Å². The van der Waals surface area contributed by atoms with E-state index in [1.807, 2.05) is 0 Å². The Morgan fingerprint density at radius 1 is 0.962 bits per heavy atom. The number of nitrogens with one attached hydrogen (secondary N) is 1. The highest BCUT2D eigenvalue weighted by molar-refractivity contribution is 7.92. The first-order valence-corrected chi connectivity index (χ1v) is 9.26. The summed E-state index contributed by atoms with van der Waals surface area (Å²) in [7, 11) is -4.02. The first-order chi connectivity index (χ1) is 12.2. The molecule has 3 rings (SSSR count). The minimum atomic E-state index is -4.53. The van der Waals surface area contributed by atoms with Crippen molar-refractivity contribution in [1.82, 2.24) is 0 Å². The maximum absolute atomic E-state index is 12.6. The van der Waals surface area contributed by atoms with E-state index in [0.29, 0.717) is 18.7 Å². The van der Waals surface area contributed by atoms with Gasteiger partial charge in [0.25, 0.3) is 10.0 Å². The number of anilines is 2. The fourth-order valence-electron chi connectivity index (χ4n) is 2.67. The van der Waals surface area contributed by atoms with E-state index in [0.717, 1.165) is 30.7 Å². The van der Waals surface area contributed by atoms with Gasteiger partial charge < -0.3 is 4.90 Å². The van der Waals surface area contributed by atoms with Crippen molar-refractivity contribution in [2.45, 2.75) is 23.9 Å². The van der Waals surface area contributed by atoms with Crippen molar-refractivity contribution in [3.63, 3.8) is 0 Å². The third kappa shape index (κ3) is 3.82. The number of hydrogen-bond donors (Lipinski definition) is 1. The highest BCUT2D eigenvalue weighted by Gasteiger charge is 2.30. The summed E-state index contributed by atoms with van der Waals surface area (Å²) in [5.74, 6) is 0.0167. The van der Waals surface area contributed by atoms with Crippen LogP contribution in [0.2, 0.25) is 0 Å². The molecule has 5 nitrogen and oxygen atoms in total. The lowest BCUT2D eigenvalue weighted by molar-refractivity contribution is -0.137. The number of halogens is 3. The zero-order valence-corrected chi connectivity index (χ0v) is 14.3. The lowest BCUT2D eigenvalue weighted by Gasteiger charge is -2.16. The van der Waals surface area contributed by atoms with Crippen molar-refractivity contribution >= 4 is 27.3 Å². The van der Waals surface area contributed by atoms with Crippen molar-refractivity contribution in [3.8, 4) is 0 Å². The van der Waals surface area contributed by atoms with Gasteiger partial charge in [0.05, 0.1) is 10.5 Å². The van der Waals surface area contributed by atoms with Crippen LogP contribution in [-0.4, -0.2) is 20.9 Å². The Labute approximate surface area is 148 Å². The van der Waals surface area contributed by atoms with E-state index in [4.69, 9.17) is 0 Å². The molecule has 2 aromatic rings. The Balaban J connectivity index is 1.76. The minimum absolute atomic E-state index is 0.0167. The lowest BCUT2D eigenvalue weighted by atomic mass is 10.2. The quantitative estimate of drug-likeness (QED) is 0.875. The van der Waals surface area contributed by atoms with Crippen molar-refractivity contribution < 1.29 is 26.4 Å². The van der Waals surface area contributed by atoms with Gasteiger partial charge in [0.15, 0.2) is 0 Å². The monoisotopic (exact) mass is 384 g/mol. The summed E-state index contributed by atoms with van der Waals surface area (Å²) in [5.41, 5.74) is 0.00125. The van der Waals surface area contributed by atoms with Gasteiger partial charge >= 0.3 is 6.18 Å². The number of amides is 1. The molecule has 0 saturated carbocycles. The molecule has 1 heterocycles. The predicted molar refractivity (Wildman–Crippen MR) is 90.3 cm³/mol. The second kappa shape index (κ2) is 6.64. The van der Waals surface area contributed by atoms with Crippen LogP contribution < -0.4 is 9.62 Å². The molecule has 1 fully saturated rings. The number of rotatable bonds is 4. The van der Waals surface area contributed by atoms with Gasteiger partial charge in [-0.05, 0) is 55.0 Å². The van der Waals surface area contributed by atoms with Crippen molar-refractivity contribution in [2.75, 3.05) is 16.2 Å². The summed E-state index contributed by atoms with van der Waals surface area (Å²) in [6.07, 6.45) is -3.26. The molecular formula is C17H15F3N2O3S. The smallest absolute Gasteiger partial charge is 0.312 e. The SMILES string of the molecule is O=C1CCCN1c1ccc(NS(=O)(=O)c2ccc(C(F)(F)F)cc2)cc1. The maximum atomic E-state index is 12.6. The molecule has 1 saturated heterocycles. The predicted octanol–water partition coefficient (Wildman–Crippen LogP) is 3.63. The first-order valence-electron chi connectivity index (χ1n) is 7.77. The van der Waals surface area contributed by atoms with Crippen molar-refractivity contribution in [1.29, 1.82) is 0 Å². The van der Waals surface area contributed by atoms with Gasteiger partial charge in [-0.2, -0.15) is 13.2 Å². The van der Waals surface area contributed by atoms with Gasteiger partial charge in [-0.15, -0.1) is 0 Å². The Morgan fingerprint density at radius 2 is 1.58 bits per heavy atom. The summed E-state index contributed by atoms with van der Waals surface area (Å²) in [6.45, 7) is 0.620. The fourth-order valence-corrected chi connectivity index (χ4v) is 3.73. The third-order valence-corrected chi connectivity index (χ3v) is 5.39. The zero-order chi connectivity index (χ0) is 18.9. The summed E-state index contributed by atoms with van der Waals surface area (Å²) in [4.78, 5) is 13.1. The first kappa shape index (κ1) is 18.2. The normalized spacial score (nSPS) is 15.3. The molecule has 0 unspecified atom stereocenters. The number of benzene rings is 2. The average Bonchev–Trinajstić information content (AvgIpc) is 3.01. The van der Waals surface area contributed by atoms with E-state index in [-0.39, 0.29) is 16.5 Å². The summed E-state index contributed by atoms with van der Waals surface area (Å²) >= 11 is 0. The number of carbonyl (C=O) groups excluding carboxylic acids is 1. The summed E-state index contributed by atoms with van der Waals surface area (Å²) in [5, 5.41) is 0. The topological polar surface area (TPSA) is 66.5 Å². The van der Waals surface area contributed by atoms with E-state index in [9.17, 15) is 26.4 Å². The molecule has 0 aromatic heterocycles. The summed E-state index contributed by atoms with van der Waals surface area (Å²) < 4.78 is 64.6. The van der Waals surface area contributed by atoms with Gasteiger partial charge in [-0.25, -0.2) is 8.42 Å². The molecule has 2 aromatic carbocycles. The van der Waals surface area contributed by atoms with E-state index in [1.165, 1.54) is 12.1 Å². The standard InChI is InChI=1S/C17H15F3N2O3S/c18-17(19,20)12-3-9-15(10-4-12)26(24,25)21-13-5-7-14(8-6-13)22-11-1-2-16(22)23/h3-10,21H,1-2,11H2. The molecule has 138 valence electrons. The van der Waals surface area contributed by atoms with E-state index in [1.54, 1.807) is 17.0 Å². The molecule has 0 spiro atoms. The van der Waals surface area contributed by atoms with Gasteiger partial charge in [0.1, 0.15) is 0 Å². The van der Waals surface area contributed by atoms with E-state index >= 15 is 0 Å². The van der Waals surface area contributed by atoms with E-state index in [2.05, 4.69) is 4.72 Å². The molecule has 0 radical (unpaired) electrons. The van der Waals surface area contributed by atoms with Gasteiger partial charge in [-0.1, -0.05) is 0 Å². The van der Waals surface area contributed by atoms with Gasteiger partial charge in [0.2, 0.25) is 5.91 Å².